The number of anilines is 1. The van der Waals surface area contributed by atoms with E-state index in [9.17, 15) is 18.0 Å². The van der Waals surface area contributed by atoms with E-state index in [1.807, 2.05) is 0 Å². The van der Waals surface area contributed by atoms with Gasteiger partial charge in [0.25, 0.3) is 0 Å². The lowest BCUT2D eigenvalue weighted by Gasteiger charge is -2.22. The van der Waals surface area contributed by atoms with Gasteiger partial charge in [-0.3, -0.25) is 9.59 Å². The van der Waals surface area contributed by atoms with E-state index >= 15 is 0 Å². The third-order valence-electron chi connectivity index (χ3n) is 6.16. The van der Waals surface area contributed by atoms with Gasteiger partial charge >= 0.3 is 5.97 Å². The number of halogens is 2. The number of ether oxygens (including phenoxy) is 1. The number of nitrogens with zero attached hydrogens (tertiary/aromatic N) is 1. The zero-order valence-electron chi connectivity index (χ0n) is 20.1. The van der Waals surface area contributed by atoms with Crippen molar-refractivity contribution in [2.45, 2.75) is 36.6 Å². The summed E-state index contributed by atoms with van der Waals surface area (Å²) in [5.41, 5.74) is 1.34. The largest absolute Gasteiger partial charge is 0.465 e. The van der Waals surface area contributed by atoms with Crippen LogP contribution in [0.25, 0.3) is 0 Å². The Labute approximate surface area is 226 Å². The first-order chi connectivity index (χ1) is 17.6. The molecule has 0 spiro atoms. The number of amides is 1. The highest BCUT2D eigenvalue weighted by atomic mass is 35.5. The molecule has 4 rings (SSSR count). The second-order valence-electron chi connectivity index (χ2n) is 8.79. The molecule has 10 heteroatoms. The van der Waals surface area contributed by atoms with E-state index < -0.39 is 27.9 Å². The third kappa shape index (κ3) is 6.33. The maximum atomic E-state index is 13.4. The minimum atomic E-state index is -4.03. The van der Waals surface area contributed by atoms with Gasteiger partial charge in [-0.15, -0.1) is 0 Å². The van der Waals surface area contributed by atoms with Crippen molar-refractivity contribution >= 4 is 50.8 Å². The molecule has 0 heterocycles. The summed E-state index contributed by atoms with van der Waals surface area (Å²) in [6, 6.07) is 19.5. The number of carbonyl (C=O) groups is 2. The predicted molar refractivity (Wildman–Crippen MR) is 143 cm³/mol. The molecule has 0 atom stereocenters. The Morgan fingerprint density at radius 2 is 1.65 bits per heavy atom. The van der Waals surface area contributed by atoms with Gasteiger partial charge in [-0.25, -0.2) is 8.42 Å². The summed E-state index contributed by atoms with van der Waals surface area (Å²) in [4.78, 5) is 25.3. The van der Waals surface area contributed by atoms with Gasteiger partial charge in [-0.2, -0.15) is 4.31 Å². The van der Waals surface area contributed by atoms with Crippen LogP contribution in [0.15, 0.2) is 77.7 Å². The molecule has 0 bridgehead atoms. The van der Waals surface area contributed by atoms with E-state index in [1.54, 1.807) is 55.5 Å². The number of sulfonamides is 1. The normalized spacial score (nSPS) is 14.3. The first-order valence-corrected chi connectivity index (χ1v) is 13.9. The van der Waals surface area contributed by atoms with E-state index in [0.29, 0.717) is 27.9 Å². The van der Waals surface area contributed by atoms with Crippen molar-refractivity contribution in [1.82, 2.24) is 4.31 Å². The zero-order chi connectivity index (χ0) is 26.6. The SMILES string of the molecule is CCOC(=O)C1(c2ccc(NC(=O)CN(Cc3cccc(Cl)c3)S(=O)(=O)c3ccc(Cl)cc3)cc2)CC1. The van der Waals surface area contributed by atoms with Gasteiger partial charge in [0.1, 0.15) is 0 Å². The molecule has 194 valence electrons. The lowest BCUT2D eigenvalue weighted by atomic mass is 9.96. The van der Waals surface area contributed by atoms with Crippen LogP contribution in [0.2, 0.25) is 10.0 Å². The summed E-state index contributed by atoms with van der Waals surface area (Å²) in [6.07, 6.45) is 1.44. The molecule has 1 saturated carbocycles. The predicted octanol–water partition coefficient (Wildman–Crippen LogP) is 5.42. The van der Waals surface area contributed by atoms with Gasteiger partial charge in [0.15, 0.2) is 0 Å². The van der Waals surface area contributed by atoms with Crippen LogP contribution in [0.5, 0.6) is 0 Å². The van der Waals surface area contributed by atoms with Crippen LogP contribution in [-0.4, -0.2) is 37.8 Å². The molecule has 0 unspecified atom stereocenters. The summed E-state index contributed by atoms with van der Waals surface area (Å²) in [6.45, 7) is 1.61. The number of esters is 1. The minimum absolute atomic E-state index is 0.0183. The molecule has 0 saturated heterocycles. The number of carbonyl (C=O) groups excluding carboxylic acids is 2. The van der Waals surface area contributed by atoms with E-state index in [2.05, 4.69) is 5.32 Å². The lowest BCUT2D eigenvalue weighted by Crippen LogP contribution is -2.37. The Bertz CT molecular complexity index is 1390. The number of rotatable bonds is 10. The van der Waals surface area contributed by atoms with Crippen molar-refractivity contribution < 1.29 is 22.7 Å². The number of hydrogen-bond acceptors (Lipinski definition) is 5. The van der Waals surface area contributed by atoms with Crippen LogP contribution in [0.3, 0.4) is 0 Å². The van der Waals surface area contributed by atoms with Gasteiger partial charge in [-0.05, 0) is 79.4 Å². The maximum Gasteiger partial charge on any atom is 0.316 e. The second kappa shape index (κ2) is 11.2. The van der Waals surface area contributed by atoms with Crippen LogP contribution in [-0.2, 0) is 36.3 Å². The highest BCUT2D eigenvalue weighted by Gasteiger charge is 2.52. The molecule has 1 N–H and O–H groups in total. The fourth-order valence-corrected chi connectivity index (χ4v) is 5.78. The van der Waals surface area contributed by atoms with E-state index in [1.165, 1.54) is 24.3 Å². The Kier molecular flexibility index (Phi) is 8.23. The molecule has 7 nitrogen and oxygen atoms in total. The standard InChI is InChI=1S/C27H26Cl2N2O5S/c1-2-36-26(33)27(14-15-27)20-6-10-23(11-7-20)30-25(32)18-31(17-19-4-3-5-22(29)16-19)37(34,35)24-12-8-21(28)9-13-24/h3-13,16H,2,14-15,17-18H2,1H3,(H,30,32). The smallest absolute Gasteiger partial charge is 0.316 e. The fourth-order valence-electron chi connectivity index (χ4n) is 4.06. The Morgan fingerprint density at radius 1 is 0.973 bits per heavy atom. The maximum absolute atomic E-state index is 13.4. The Morgan fingerprint density at radius 3 is 2.24 bits per heavy atom. The number of hydrogen-bond donors (Lipinski definition) is 1. The van der Waals surface area contributed by atoms with Crippen molar-refractivity contribution in [1.29, 1.82) is 0 Å². The molecule has 3 aromatic carbocycles. The summed E-state index contributed by atoms with van der Waals surface area (Å²) in [5, 5.41) is 3.61. The first-order valence-electron chi connectivity index (χ1n) is 11.7. The van der Waals surface area contributed by atoms with Gasteiger partial charge in [0, 0.05) is 22.3 Å². The lowest BCUT2D eigenvalue weighted by molar-refractivity contribution is -0.146. The highest BCUT2D eigenvalue weighted by molar-refractivity contribution is 7.89. The van der Waals surface area contributed by atoms with Crippen LogP contribution in [0.4, 0.5) is 5.69 Å². The highest BCUT2D eigenvalue weighted by Crippen LogP contribution is 2.49. The minimum Gasteiger partial charge on any atom is -0.465 e. The van der Waals surface area contributed by atoms with Crippen molar-refractivity contribution in [3.8, 4) is 0 Å². The summed E-state index contributed by atoms with van der Waals surface area (Å²) < 4.78 is 33.1. The molecule has 1 amide bonds. The molecule has 1 fully saturated rings. The average Bonchev–Trinajstić information content (AvgIpc) is 3.67. The molecule has 0 aromatic heterocycles. The zero-order valence-corrected chi connectivity index (χ0v) is 22.4. The van der Waals surface area contributed by atoms with Crippen LogP contribution in [0.1, 0.15) is 30.9 Å². The Hall–Kier alpha value is -2.91. The van der Waals surface area contributed by atoms with Crippen LogP contribution >= 0.6 is 23.2 Å². The molecular weight excluding hydrogens is 535 g/mol. The van der Waals surface area contributed by atoms with Crippen molar-refractivity contribution in [2.75, 3.05) is 18.5 Å². The molecular formula is C27H26Cl2N2O5S. The van der Waals surface area contributed by atoms with Gasteiger partial charge < -0.3 is 10.1 Å². The third-order valence-corrected chi connectivity index (χ3v) is 8.45. The van der Waals surface area contributed by atoms with Gasteiger partial charge in [0.05, 0.1) is 23.5 Å². The quantitative estimate of drug-likeness (QED) is 0.334. The number of benzene rings is 3. The number of nitrogens with one attached hydrogen (secondary N) is 1. The summed E-state index contributed by atoms with van der Waals surface area (Å²) in [7, 11) is -4.03. The fraction of sp³-hybridized carbons (Fsp3) is 0.259. The van der Waals surface area contributed by atoms with Crippen LogP contribution in [0, 0.1) is 0 Å². The molecule has 3 aromatic rings. The molecule has 1 aliphatic rings. The van der Waals surface area contributed by atoms with Crippen molar-refractivity contribution in [3.05, 3.63) is 94.0 Å². The van der Waals surface area contributed by atoms with Crippen molar-refractivity contribution in [2.24, 2.45) is 0 Å². The molecule has 0 aliphatic heterocycles. The average molecular weight is 561 g/mol. The molecule has 0 radical (unpaired) electrons. The molecule has 37 heavy (non-hydrogen) atoms. The van der Waals surface area contributed by atoms with Gasteiger partial charge in [-0.1, -0.05) is 47.5 Å². The Balaban J connectivity index is 1.51. The first kappa shape index (κ1) is 27.1. The topological polar surface area (TPSA) is 92.8 Å². The monoisotopic (exact) mass is 560 g/mol. The second-order valence-corrected chi connectivity index (χ2v) is 11.6. The van der Waals surface area contributed by atoms with Gasteiger partial charge in [0.2, 0.25) is 15.9 Å². The van der Waals surface area contributed by atoms with E-state index in [-0.39, 0.29) is 17.4 Å². The summed E-state index contributed by atoms with van der Waals surface area (Å²) in [5.74, 6) is -0.755. The molecule has 1 aliphatic carbocycles. The van der Waals surface area contributed by atoms with E-state index in [4.69, 9.17) is 27.9 Å². The van der Waals surface area contributed by atoms with Crippen LogP contribution < -0.4 is 5.32 Å². The summed E-state index contributed by atoms with van der Waals surface area (Å²) >= 11 is 12.0. The van der Waals surface area contributed by atoms with Crippen molar-refractivity contribution in [3.63, 3.8) is 0 Å². The van der Waals surface area contributed by atoms with E-state index in [0.717, 1.165) is 22.7 Å².